The van der Waals surface area contributed by atoms with Gasteiger partial charge in [-0.2, -0.15) is 0 Å². The maximum Gasteiger partial charge on any atom is 0.326 e. The number of esters is 1. The second kappa shape index (κ2) is 18.9. The molecule has 0 bridgehead atoms. The first-order chi connectivity index (χ1) is 21.8. The van der Waals surface area contributed by atoms with E-state index in [0.717, 1.165) is 12.1 Å². The predicted molar refractivity (Wildman–Crippen MR) is 161 cm³/mol. The summed E-state index contributed by atoms with van der Waals surface area (Å²) in [5.41, 5.74) is 0.596. The Kier molecular flexibility index (Phi) is 15.3. The van der Waals surface area contributed by atoms with Gasteiger partial charge in [0, 0.05) is 25.0 Å². The summed E-state index contributed by atoms with van der Waals surface area (Å²) in [4.78, 5) is 80.7. The Morgan fingerprint density at radius 1 is 0.848 bits per heavy atom. The molecule has 4 amide bonds. The molecule has 16 nitrogen and oxygen atoms in total. The first kappa shape index (κ1) is 37.4. The first-order valence-corrected chi connectivity index (χ1v) is 14.4. The van der Waals surface area contributed by atoms with Crippen LogP contribution in [0.1, 0.15) is 30.1 Å². The highest BCUT2D eigenvalue weighted by Crippen LogP contribution is 2.21. The summed E-state index contributed by atoms with van der Waals surface area (Å²) in [6.07, 6.45) is -2.31. The quantitative estimate of drug-likeness (QED) is 0.0539. The van der Waals surface area contributed by atoms with Crippen LogP contribution < -0.4 is 21.3 Å². The van der Waals surface area contributed by atoms with Crippen molar-refractivity contribution in [2.45, 2.75) is 42.3 Å². The Bertz CT molecular complexity index is 1390. The number of carboxylic acids is 1. The number of nitro groups is 1. The van der Waals surface area contributed by atoms with E-state index in [0.29, 0.717) is 5.56 Å². The fraction of sp³-hybridized carbons (Fsp3) is 0.357. The Morgan fingerprint density at radius 2 is 1.46 bits per heavy atom. The van der Waals surface area contributed by atoms with Crippen molar-refractivity contribution >= 4 is 64.5 Å². The molecule has 3 atom stereocenters. The van der Waals surface area contributed by atoms with Gasteiger partial charge in [0.1, 0.15) is 18.8 Å². The van der Waals surface area contributed by atoms with Crippen LogP contribution in [0.2, 0.25) is 0 Å². The van der Waals surface area contributed by atoms with Gasteiger partial charge in [0.25, 0.3) is 11.6 Å². The zero-order valence-corrected chi connectivity index (χ0v) is 25.5. The zero-order valence-electron chi connectivity index (χ0n) is 24.0. The number of non-ortho nitro benzene ring substituents is 1. The molecule has 0 aliphatic carbocycles. The van der Waals surface area contributed by atoms with Gasteiger partial charge in [0.2, 0.25) is 17.7 Å². The van der Waals surface area contributed by atoms with Gasteiger partial charge >= 0.3 is 11.9 Å². The summed E-state index contributed by atoms with van der Waals surface area (Å²) >= 11 is 11.1. The van der Waals surface area contributed by atoms with Crippen molar-refractivity contribution in [2.75, 3.05) is 19.7 Å². The van der Waals surface area contributed by atoms with E-state index in [4.69, 9.17) is 27.9 Å². The number of carbonyl (C=O) groups excluding carboxylic acids is 5. The lowest BCUT2D eigenvalue weighted by molar-refractivity contribution is -0.384. The van der Waals surface area contributed by atoms with E-state index < -0.39 is 96.1 Å². The monoisotopic (exact) mass is 683 g/mol. The number of hydrogen-bond acceptors (Lipinski definition) is 10. The van der Waals surface area contributed by atoms with Crippen LogP contribution in [-0.4, -0.2) is 87.3 Å². The fourth-order valence-corrected chi connectivity index (χ4v) is 3.88. The Labute approximate surface area is 271 Å². The number of carboxylic acid groups (broad SMARTS) is 1. The van der Waals surface area contributed by atoms with Crippen molar-refractivity contribution in [1.82, 2.24) is 21.3 Å². The fourth-order valence-electron chi connectivity index (χ4n) is 3.76. The number of halogens is 2. The van der Waals surface area contributed by atoms with Gasteiger partial charge in [-0.1, -0.05) is 53.5 Å². The molecule has 6 N–H and O–H groups in total. The second-order valence-corrected chi connectivity index (χ2v) is 10.7. The molecule has 18 heteroatoms. The number of amides is 4. The molecule has 0 spiro atoms. The number of hydrogen-bond donors (Lipinski definition) is 6. The minimum Gasteiger partial charge on any atom is -0.480 e. The summed E-state index contributed by atoms with van der Waals surface area (Å²) in [5, 5.41) is 40.0. The summed E-state index contributed by atoms with van der Waals surface area (Å²) in [5.74, 6) is -5.29. The molecular formula is C28H31Cl2N5O11. The summed E-state index contributed by atoms with van der Waals surface area (Å²) in [6.45, 7) is -1.66. The molecule has 0 aliphatic heterocycles. The number of aliphatic carboxylic acids is 1. The lowest BCUT2D eigenvalue weighted by atomic mass is 10.0. The molecule has 0 aromatic heterocycles. The molecule has 0 aliphatic rings. The van der Waals surface area contributed by atoms with Gasteiger partial charge in [-0.25, -0.2) is 4.79 Å². The second-order valence-electron chi connectivity index (χ2n) is 9.59. The third kappa shape index (κ3) is 13.5. The highest BCUT2D eigenvalue weighted by molar-refractivity contribution is 6.53. The Morgan fingerprint density at radius 3 is 2.04 bits per heavy atom. The van der Waals surface area contributed by atoms with Crippen LogP contribution in [0.3, 0.4) is 0 Å². The Balaban J connectivity index is 1.76. The lowest BCUT2D eigenvalue weighted by Crippen LogP contribution is -2.47. The molecule has 0 saturated carbocycles. The van der Waals surface area contributed by atoms with Crippen molar-refractivity contribution in [1.29, 1.82) is 0 Å². The van der Waals surface area contributed by atoms with E-state index in [1.807, 2.05) is 0 Å². The number of aliphatic hydroxyl groups is 1. The predicted octanol–water partition coefficient (Wildman–Crippen LogP) is 0.285. The number of ether oxygens (including phenoxy) is 1. The molecule has 0 fully saturated rings. The largest absolute Gasteiger partial charge is 0.480 e. The number of aliphatic hydroxyl groups excluding tert-OH is 1. The molecule has 2 rings (SSSR count). The summed E-state index contributed by atoms with van der Waals surface area (Å²) in [6, 6.07) is 10.9. The molecule has 0 unspecified atom stereocenters. The van der Waals surface area contributed by atoms with Gasteiger partial charge in [0.05, 0.1) is 30.5 Å². The van der Waals surface area contributed by atoms with E-state index in [2.05, 4.69) is 21.3 Å². The molecule has 0 saturated heterocycles. The van der Waals surface area contributed by atoms with Gasteiger partial charge in [0.15, 0.2) is 4.84 Å². The third-order valence-electron chi connectivity index (χ3n) is 6.14. The van der Waals surface area contributed by atoms with Crippen molar-refractivity contribution in [2.24, 2.45) is 0 Å². The number of nitrogens with one attached hydrogen (secondary N) is 4. The highest BCUT2D eigenvalue weighted by Gasteiger charge is 2.27. The van der Waals surface area contributed by atoms with Crippen molar-refractivity contribution in [3.8, 4) is 0 Å². The molecule has 2 aromatic carbocycles. The van der Waals surface area contributed by atoms with E-state index in [1.54, 1.807) is 30.3 Å². The normalized spacial score (nSPS) is 12.6. The van der Waals surface area contributed by atoms with Crippen LogP contribution in [0.15, 0.2) is 54.6 Å². The Hall–Kier alpha value is -4.80. The first-order valence-electron chi connectivity index (χ1n) is 13.5. The van der Waals surface area contributed by atoms with E-state index in [9.17, 15) is 49.1 Å². The topological polar surface area (TPSA) is 243 Å². The minimum atomic E-state index is -1.51. The summed E-state index contributed by atoms with van der Waals surface area (Å²) in [7, 11) is 0. The van der Waals surface area contributed by atoms with Crippen LogP contribution in [0, 0.1) is 10.1 Å². The average molecular weight is 684 g/mol. The van der Waals surface area contributed by atoms with Crippen LogP contribution in [0.4, 0.5) is 5.69 Å². The van der Waals surface area contributed by atoms with Crippen LogP contribution in [-0.2, 0) is 39.9 Å². The van der Waals surface area contributed by atoms with Gasteiger partial charge in [-0.3, -0.25) is 34.1 Å². The van der Waals surface area contributed by atoms with E-state index >= 15 is 0 Å². The third-order valence-corrected chi connectivity index (χ3v) is 6.54. The van der Waals surface area contributed by atoms with Crippen LogP contribution >= 0.6 is 23.2 Å². The average Bonchev–Trinajstić information content (AvgIpc) is 3.03. The van der Waals surface area contributed by atoms with Gasteiger partial charge in [-0.15, -0.1) is 0 Å². The highest BCUT2D eigenvalue weighted by atomic mass is 35.5. The van der Waals surface area contributed by atoms with E-state index in [1.165, 1.54) is 12.1 Å². The zero-order chi connectivity index (χ0) is 34.2. The van der Waals surface area contributed by atoms with Crippen LogP contribution in [0.25, 0.3) is 0 Å². The number of alkyl halides is 2. The SMILES string of the molecule is O=C(CCC(=O)OC[C@@H](NC(=O)C(Cl)Cl)[C@H](O)c1ccc([N+](=O)[O-])cc1)NCC(=O)NCC(=O)N[C@@H](Cc1ccccc1)C(=O)O. The number of benzene rings is 2. The van der Waals surface area contributed by atoms with Crippen LogP contribution in [0.5, 0.6) is 0 Å². The molecule has 46 heavy (non-hydrogen) atoms. The number of nitrogens with zero attached hydrogens (tertiary/aromatic N) is 1. The lowest BCUT2D eigenvalue weighted by Gasteiger charge is -2.24. The number of nitro benzene ring substituents is 1. The van der Waals surface area contributed by atoms with E-state index in [-0.39, 0.29) is 17.7 Å². The molecule has 2 aromatic rings. The van der Waals surface area contributed by atoms with Crippen molar-refractivity contribution in [3.63, 3.8) is 0 Å². The molecule has 248 valence electrons. The standard InChI is InChI=1S/C28H31Cl2N5O11/c29-26(30)27(41)34-20(25(40)17-6-8-18(9-7-17)35(44)45)15-46-24(39)11-10-21(36)31-13-22(37)32-14-23(38)33-19(28(42)43)12-16-4-2-1-3-5-16/h1-9,19-20,25-26,40H,10-15H2,(H,31,36)(H,32,37)(H,33,38)(H,34,41)(H,42,43)/t19-,20+,25+/m0/s1. The van der Waals surface area contributed by atoms with Gasteiger partial charge in [-0.05, 0) is 23.3 Å². The summed E-state index contributed by atoms with van der Waals surface area (Å²) < 4.78 is 5.06. The maximum atomic E-state index is 12.2. The number of carbonyl (C=O) groups is 6. The maximum absolute atomic E-state index is 12.2. The van der Waals surface area contributed by atoms with Gasteiger partial charge < -0.3 is 36.2 Å². The van der Waals surface area contributed by atoms with Crippen molar-refractivity contribution in [3.05, 3.63) is 75.8 Å². The smallest absolute Gasteiger partial charge is 0.326 e. The molecular weight excluding hydrogens is 653 g/mol. The minimum absolute atomic E-state index is 0.0331. The molecule has 0 radical (unpaired) electrons. The molecule has 0 heterocycles. The number of rotatable bonds is 18. The van der Waals surface area contributed by atoms with Crippen molar-refractivity contribution < 1.29 is 48.6 Å².